The molecule has 4 rings (SSSR count). The molecule has 0 saturated heterocycles. The molecule has 0 aliphatic heterocycles. The average Bonchev–Trinajstić information content (AvgIpc) is 3.10. The van der Waals surface area contributed by atoms with Crippen LogP contribution in [0, 0.1) is 0 Å². The van der Waals surface area contributed by atoms with Gasteiger partial charge < -0.3 is 10.7 Å². The van der Waals surface area contributed by atoms with Crippen molar-refractivity contribution >= 4 is 23.0 Å². The molecule has 0 spiro atoms. The number of nitrogens with one attached hydrogen (secondary N) is 1. The molecule has 0 saturated carbocycles. The first-order valence-electron chi connectivity index (χ1n) is 7.88. The molecule has 0 unspecified atom stereocenters. The molecule has 0 aliphatic rings. The lowest BCUT2D eigenvalue weighted by atomic mass is 10.0. The maximum atomic E-state index is 10.9. The van der Waals surface area contributed by atoms with Gasteiger partial charge in [0.05, 0.1) is 11.4 Å². The van der Waals surface area contributed by atoms with Gasteiger partial charge in [0.2, 0.25) is 5.91 Å². The van der Waals surface area contributed by atoms with E-state index in [0.29, 0.717) is 5.69 Å². The largest absolute Gasteiger partial charge is 0.366 e. The quantitative estimate of drug-likeness (QED) is 0.554. The van der Waals surface area contributed by atoms with Crippen LogP contribution in [0.2, 0.25) is 0 Å². The van der Waals surface area contributed by atoms with Crippen LogP contribution >= 0.6 is 0 Å². The van der Waals surface area contributed by atoms with Gasteiger partial charge in [-0.05, 0) is 35.9 Å². The molecule has 1 amide bonds. The van der Waals surface area contributed by atoms with E-state index < -0.39 is 5.91 Å². The van der Waals surface area contributed by atoms with Gasteiger partial charge in [-0.15, -0.1) is 0 Å². The first-order chi connectivity index (χ1) is 12.7. The maximum absolute atomic E-state index is 10.9. The van der Waals surface area contributed by atoms with Gasteiger partial charge in [-0.1, -0.05) is 0 Å². The third-order valence-electron chi connectivity index (χ3n) is 3.92. The molecule has 7 heteroatoms. The van der Waals surface area contributed by atoms with Crippen LogP contribution in [-0.4, -0.2) is 30.8 Å². The van der Waals surface area contributed by atoms with Gasteiger partial charge >= 0.3 is 0 Å². The van der Waals surface area contributed by atoms with E-state index in [9.17, 15) is 4.79 Å². The summed E-state index contributed by atoms with van der Waals surface area (Å²) in [5.74, 6) is -0.512. The standard InChI is InChI=1S/C19H14N6O/c20-18(26)2-1-14-7-12(3-6-22-14)13-8-15-16(10-24-19(15)23-9-13)17-4-5-21-11-25-17/h1-11H,(H2,20,26)(H,23,24)/b2-1+. The molecule has 4 heterocycles. The zero-order chi connectivity index (χ0) is 17.9. The van der Waals surface area contributed by atoms with E-state index in [1.807, 2.05) is 30.5 Å². The van der Waals surface area contributed by atoms with E-state index in [-0.39, 0.29) is 0 Å². The Hall–Kier alpha value is -3.87. The van der Waals surface area contributed by atoms with E-state index >= 15 is 0 Å². The summed E-state index contributed by atoms with van der Waals surface area (Å²) >= 11 is 0. The number of rotatable bonds is 4. The number of nitrogens with zero attached hydrogens (tertiary/aromatic N) is 4. The molecule has 4 aromatic rings. The number of nitrogens with two attached hydrogens (primary N) is 1. The summed E-state index contributed by atoms with van der Waals surface area (Å²) in [6.45, 7) is 0. The minimum Gasteiger partial charge on any atom is -0.366 e. The second-order valence-electron chi connectivity index (χ2n) is 5.62. The molecule has 0 atom stereocenters. The fourth-order valence-corrected chi connectivity index (χ4v) is 2.71. The molecule has 3 N–H and O–H groups in total. The molecule has 0 bridgehead atoms. The molecule has 0 fully saturated rings. The predicted octanol–water partition coefficient (Wildman–Crippen LogP) is 2.58. The summed E-state index contributed by atoms with van der Waals surface area (Å²) in [6.07, 6.45) is 11.5. The van der Waals surface area contributed by atoms with Gasteiger partial charge in [-0.3, -0.25) is 9.78 Å². The maximum Gasteiger partial charge on any atom is 0.241 e. The van der Waals surface area contributed by atoms with E-state index in [0.717, 1.165) is 33.4 Å². The highest BCUT2D eigenvalue weighted by Gasteiger charge is 2.10. The van der Waals surface area contributed by atoms with Crippen molar-refractivity contribution in [1.29, 1.82) is 0 Å². The van der Waals surface area contributed by atoms with Crippen LogP contribution in [0.5, 0.6) is 0 Å². The number of hydrogen-bond donors (Lipinski definition) is 2. The Bertz CT molecular complexity index is 1120. The SMILES string of the molecule is NC(=O)/C=C/c1cc(-c2cnc3[nH]cc(-c4ccncn4)c3c2)ccn1. The van der Waals surface area contributed by atoms with Crippen LogP contribution in [-0.2, 0) is 4.79 Å². The van der Waals surface area contributed by atoms with Crippen LogP contribution in [0.3, 0.4) is 0 Å². The van der Waals surface area contributed by atoms with Gasteiger partial charge in [0.25, 0.3) is 0 Å². The minimum absolute atomic E-state index is 0.512. The van der Waals surface area contributed by atoms with Gasteiger partial charge in [0, 0.05) is 47.4 Å². The van der Waals surface area contributed by atoms with Crippen molar-refractivity contribution in [3.8, 4) is 22.4 Å². The molecule has 26 heavy (non-hydrogen) atoms. The van der Waals surface area contributed by atoms with E-state index in [1.165, 1.54) is 12.4 Å². The second-order valence-corrected chi connectivity index (χ2v) is 5.62. The van der Waals surface area contributed by atoms with Gasteiger partial charge in [-0.25, -0.2) is 15.0 Å². The number of pyridine rings is 2. The zero-order valence-electron chi connectivity index (χ0n) is 13.6. The first kappa shape index (κ1) is 15.6. The molecule has 7 nitrogen and oxygen atoms in total. The normalized spacial score (nSPS) is 11.2. The molecular formula is C19H14N6O. The Labute approximate surface area is 148 Å². The van der Waals surface area contributed by atoms with Gasteiger partial charge in [0.15, 0.2) is 0 Å². The molecular weight excluding hydrogens is 328 g/mol. The summed E-state index contributed by atoms with van der Waals surface area (Å²) in [4.78, 5) is 31.0. The predicted molar refractivity (Wildman–Crippen MR) is 98.6 cm³/mol. The van der Waals surface area contributed by atoms with Crippen LogP contribution in [0.15, 0.2) is 61.5 Å². The highest BCUT2D eigenvalue weighted by Crippen LogP contribution is 2.29. The van der Waals surface area contributed by atoms with E-state index in [2.05, 4.69) is 24.9 Å². The second kappa shape index (κ2) is 6.56. The fraction of sp³-hybridized carbons (Fsp3) is 0. The van der Waals surface area contributed by atoms with Crippen molar-refractivity contribution in [2.45, 2.75) is 0 Å². The van der Waals surface area contributed by atoms with Crippen molar-refractivity contribution in [2.75, 3.05) is 0 Å². The Kier molecular flexibility index (Phi) is 3.95. The summed E-state index contributed by atoms with van der Waals surface area (Å²) in [7, 11) is 0. The van der Waals surface area contributed by atoms with Gasteiger partial charge in [0.1, 0.15) is 12.0 Å². The Morgan fingerprint density at radius 2 is 2.00 bits per heavy atom. The van der Waals surface area contributed by atoms with Crippen LogP contribution in [0.4, 0.5) is 0 Å². The average molecular weight is 342 g/mol. The molecule has 0 radical (unpaired) electrons. The summed E-state index contributed by atoms with van der Waals surface area (Å²) in [5.41, 5.74) is 10.2. The number of aromatic amines is 1. The zero-order valence-corrected chi connectivity index (χ0v) is 13.6. The smallest absolute Gasteiger partial charge is 0.241 e. The molecule has 0 aliphatic carbocycles. The molecule has 0 aromatic carbocycles. The molecule has 4 aromatic heterocycles. The Morgan fingerprint density at radius 1 is 1.08 bits per heavy atom. The van der Waals surface area contributed by atoms with Crippen molar-refractivity contribution < 1.29 is 4.79 Å². The lowest BCUT2D eigenvalue weighted by Crippen LogP contribution is -2.05. The molecule has 126 valence electrons. The first-order valence-corrected chi connectivity index (χ1v) is 7.88. The number of fused-ring (bicyclic) bond motifs is 1. The Morgan fingerprint density at radius 3 is 2.81 bits per heavy atom. The van der Waals surface area contributed by atoms with Crippen molar-refractivity contribution in [2.24, 2.45) is 5.73 Å². The number of H-pyrrole nitrogens is 1. The third kappa shape index (κ3) is 3.05. The lowest BCUT2D eigenvalue weighted by Gasteiger charge is -2.04. The third-order valence-corrected chi connectivity index (χ3v) is 3.92. The van der Waals surface area contributed by atoms with E-state index in [1.54, 1.807) is 24.7 Å². The van der Waals surface area contributed by atoms with Crippen molar-refractivity contribution in [3.63, 3.8) is 0 Å². The minimum atomic E-state index is -0.512. The summed E-state index contributed by atoms with van der Waals surface area (Å²) < 4.78 is 0. The monoisotopic (exact) mass is 342 g/mol. The number of hydrogen-bond acceptors (Lipinski definition) is 5. The number of aromatic nitrogens is 5. The van der Waals surface area contributed by atoms with Crippen LogP contribution < -0.4 is 5.73 Å². The summed E-state index contributed by atoms with van der Waals surface area (Å²) in [6, 6.07) is 7.67. The lowest BCUT2D eigenvalue weighted by molar-refractivity contribution is -0.113. The highest BCUT2D eigenvalue weighted by atomic mass is 16.1. The van der Waals surface area contributed by atoms with Crippen molar-refractivity contribution in [1.82, 2.24) is 24.9 Å². The topological polar surface area (TPSA) is 110 Å². The fourth-order valence-electron chi connectivity index (χ4n) is 2.71. The van der Waals surface area contributed by atoms with Crippen molar-refractivity contribution in [3.05, 3.63) is 67.2 Å². The van der Waals surface area contributed by atoms with E-state index in [4.69, 9.17) is 5.73 Å². The number of carbonyl (C=O) groups is 1. The number of carbonyl (C=O) groups excluding carboxylic acids is 1. The number of primary amides is 1. The Balaban J connectivity index is 1.78. The van der Waals surface area contributed by atoms with Gasteiger partial charge in [-0.2, -0.15) is 0 Å². The highest BCUT2D eigenvalue weighted by molar-refractivity contribution is 5.95. The van der Waals surface area contributed by atoms with Crippen LogP contribution in [0.25, 0.3) is 39.5 Å². The number of amides is 1. The summed E-state index contributed by atoms with van der Waals surface area (Å²) in [5, 5.41) is 0.965. The van der Waals surface area contributed by atoms with Crippen LogP contribution in [0.1, 0.15) is 5.69 Å².